The zero-order chi connectivity index (χ0) is 15.3. The molecule has 2 rings (SSSR count). The maximum atomic E-state index is 11.6. The number of carboxylic acid groups (broad SMARTS) is 1. The summed E-state index contributed by atoms with van der Waals surface area (Å²) in [4.78, 5) is 11.6. The first-order valence-electron chi connectivity index (χ1n) is 7.75. The van der Waals surface area contributed by atoms with Gasteiger partial charge in [-0.2, -0.15) is 0 Å². The molecule has 1 aliphatic rings. The van der Waals surface area contributed by atoms with Crippen LogP contribution in [-0.2, 0) is 15.1 Å². The second-order valence-electron chi connectivity index (χ2n) is 6.02. The van der Waals surface area contributed by atoms with Gasteiger partial charge in [-0.1, -0.05) is 56.5 Å². The smallest absolute Gasteiger partial charge is 0.330 e. The van der Waals surface area contributed by atoms with Gasteiger partial charge < -0.3 is 15.6 Å². The summed E-state index contributed by atoms with van der Waals surface area (Å²) in [5.41, 5.74) is 5.23. The first-order valence-corrected chi connectivity index (χ1v) is 7.75. The number of hydrogen-bond acceptors (Lipinski definition) is 3. The predicted molar refractivity (Wildman–Crippen MR) is 81.9 cm³/mol. The van der Waals surface area contributed by atoms with Crippen molar-refractivity contribution in [3.8, 4) is 0 Å². The molecule has 0 spiro atoms. The van der Waals surface area contributed by atoms with E-state index in [4.69, 9.17) is 10.5 Å². The van der Waals surface area contributed by atoms with Gasteiger partial charge in [-0.3, -0.25) is 0 Å². The average molecular weight is 291 g/mol. The number of ether oxygens (including phenoxy) is 1. The van der Waals surface area contributed by atoms with Crippen LogP contribution in [0.4, 0.5) is 0 Å². The van der Waals surface area contributed by atoms with Crippen molar-refractivity contribution in [1.29, 1.82) is 0 Å². The molecule has 0 heterocycles. The van der Waals surface area contributed by atoms with E-state index in [1.165, 1.54) is 6.42 Å². The molecule has 3 atom stereocenters. The van der Waals surface area contributed by atoms with E-state index >= 15 is 0 Å². The van der Waals surface area contributed by atoms with Gasteiger partial charge in [0.25, 0.3) is 0 Å². The molecule has 1 aliphatic carbocycles. The number of rotatable bonds is 6. The van der Waals surface area contributed by atoms with Gasteiger partial charge in [0, 0.05) is 0 Å². The molecule has 1 fully saturated rings. The standard InChI is InChI=1S/C17H25NO3/c1-2-13-7-6-10-15(11-13)21-12-17(18,16(19)20)14-8-4-3-5-9-14/h3-5,8-9,13,15H,2,6-7,10-12,18H2,1H3,(H,19,20). The lowest BCUT2D eigenvalue weighted by Gasteiger charge is -2.32. The molecular formula is C17H25NO3. The van der Waals surface area contributed by atoms with Crippen LogP contribution < -0.4 is 5.73 Å². The van der Waals surface area contributed by atoms with Crippen molar-refractivity contribution in [3.05, 3.63) is 35.9 Å². The maximum Gasteiger partial charge on any atom is 0.330 e. The Hall–Kier alpha value is -1.39. The second-order valence-corrected chi connectivity index (χ2v) is 6.02. The van der Waals surface area contributed by atoms with E-state index < -0.39 is 11.5 Å². The highest BCUT2D eigenvalue weighted by molar-refractivity contribution is 5.80. The molecule has 0 radical (unpaired) electrons. The Labute approximate surface area is 126 Å². The minimum atomic E-state index is -1.47. The van der Waals surface area contributed by atoms with Gasteiger partial charge >= 0.3 is 5.97 Å². The Morgan fingerprint density at radius 1 is 1.38 bits per heavy atom. The van der Waals surface area contributed by atoms with Gasteiger partial charge in [0.15, 0.2) is 5.54 Å². The van der Waals surface area contributed by atoms with E-state index in [2.05, 4.69) is 6.92 Å². The molecule has 3 unspecified atom stereocenters. The Balaban J connectivity index is 2.02. The molecule has 0 aromatic heterocycles. The molecular weight excluding hydrogens is 266 g/mol. The Morgan fingerprint density at radius 2 is 2.10 bits per heavy atom. The molecule has 1 saturated carbocycles. The van der Waals surface area contributed by atoms with E-state index in [0.29, 0.717) is 11.5 Å². The summed E-state index contributed by atoms with van der Waals surface area (Å²) in [6.45, 7) is 2.22. The molecule has 116 valence electrons. The highest BCUT2D eigenvalue weighted by Crippen LogP contribution is 2.30. The minimum absolute atomic E-state index is 0.0213. The van der Waals surface area contributed by atoms with Crippen LogP contribution in [0.1, 0.15) is 44.6 Å². The van der Waals surface area contributed by atoms with Crippen LogP contribution in [0.3, 0.4) is 0 Å². The highest BCUT2D eigenvalue weighted by Gasteiger charge is 2.37. The van der Waals surface area contributed by atoms with Crippen molar-refractivity contribution in [2.45, 2.75) is 50.7 Å². The van der Waals surface area contributed by atoms with Crippen molar-refractivity contribution in [2.75, 3.05) is 6.61 Å². The van der Waals surface area contributed by atoms with Gasteiger partial charge in [0.1, 0.15) is 0 Å². The molecule has 0 saturated heterocycles. The van der Waals surface area contributed by atoms with E-state index in [1.54, 1.807) is 24.3 Å². The van der Waals surface area contributed by atoms with E-state index in [0.717, 1.165) is 25.7 Å². The van der Waals surface area contributed by atoms with Crippen molar-refractivity contribution in [2.24, 2.45) is 11.7 Å². The normalized spacial score (nSPS) is 25.2. The minimum Gasteiger partial charge on any atom is -0.480 e. The lowest BCUT2D eigenvalue weighted by atomic mass is 9.85. The van der Waals surface area contributed by atoms with Crippen molar-refractivity contribution >= 4 is 5.97 Å². The fourth-order valence-corrected chi connectivity index (χ4v) is 3.02. The summed E-state index contributed by atoms with van der Waals surface area (Å²) in [6.07, 6.45) is 5.71. The number of carbonyl (C=O) groups is 1. The third-order valence-electron chi connectivity index (χ3n) is 4.53. The molecule has 0 bridgehead atoms. The van der Waals surface area contributed by atoms with Gasteiger partial charge in [0.05, 0.1) is 12.7 Å². The number of carboxylic acids is 1. The second kappa shape index (κ2) is 7.05. The van der Waals surface area contributed by atoms with Gasteiger partial charge in [-0.15, -0.1) is 0 Å². The molecule has 21 heavy (non-hydrogen) atoms. The Bertz CT molecular complexity index is 462. The summed E-state index contributed by atoms with van der Waals surface area (Å²) < 4.78 is 5.89. The van der Waals surface area contributed by atoms with Crippen LogP contribution in [0.2, 0.25) is 0 Å². The molecule has 0 aliphatic heterocycles. The van der Waals surface area contributed by atoms with Crippen LogP contribution in [0.25, 0.3) is 0 Å². The fraction of sp³-hybridized carbons (Fsp3) is 0.588. The summed E-state index contributed by atoms with van der Waals surface area (Å²) in [6, 6.07) is 8.93. The van der Waals surface area contributed by atoms with E-state index in [-0.39, 0.29) is 12.7 Å². The maximum absolute atomic E-state index is 11.6. The topological polar surface area (TPSA) is 72.5 Å². The van der Waals surface area contributed by atoms with E-state index in [1.807, 2.05) is 6.07 Å². The average Bonchev–Trinajstić information content (AvgIpc) is 2.53. The first-order chi connectivity index (χ1) is 10.1. The molecule has 3 N–H and O–H groups in total. The number of aliphatic carboxylic acids is 1. The summed E-state index contributed by atoms with van der Waals surface area (Å²) in [5, 5.41) is 9.51. The third kappa shape index (κ3) is 3.83. The molecule has 0 amide bonds. The summed E-state index contributed by atoms with van der Waals surface area (Å²) in [7, 11) is 0. The van der Waals surface area contributed by atoms with Crippen molar-refractivity contribution in [3.63, 3.8) is 0 Å². The molecule has 1 aromatic rings. The van der Waals surface area contributed by atoms with Crippen LogP contribution in [0.15, 0.2) is 30.3 Å². The third-order valence-corrected chi connectivity index (χ3v) is 4.53. The van der Waals surface area contributed by atoms with Crippen molar-refractivity contribution in [1.82, 2.24) is 0 Å². The molecule has 4 heteroatoms. The van der Waals surface area contributed by atoms with Crippen LogP contribution in [-0.4, -0.2) is 23.8 Å². The quantitative estimate of drug-likeness (QED) is 0.845. The van der Waals surface area contributed by atoms with Gasteiger partial charge in [-0.05, 0) is 24.3 Å². The van der Waals surface area contributed by atoms with Gasteiger partial charge in [0.2, 0.25) is 0 Å². The zero-order valence-corrected chi connectivity index (χ0v) is 12.6. The largest absolute Gasteiger partial charge is 0.480 e. The first kappa shape index (κ1) is 16.0. The van der Waals surface area contributed by atoms with Gasteiger partial charge in [-0.25, -0.2) is 4.79 Å². The van der Waals surface area contributed by atoms with Crippen LogP contribution in [0, 0.1) is 5.92 Å². The fourth-order valence-electron chi connectivity index (χ4n) is 3.02. The summed E-state index contributed by atoms with van der Waals surface area (Å²) >= 11 is 0. The predicted octanol–water partition coefficient (Wildman–Crippen LogP) is 2.91. The number of nitrogens with two attached hydrogens (primary N) is 1. The molecule has 1 aromatic carbocycles. The monoisotopic (exact) mass is 291 g/mol. The SMILES string of the molecule is CCC1CCCC(OCC(N)(C(=O)O)c2ccccc2)C1. The van der Waals surface area contributed by atoms with Crippen LogP contribution >= 0.6 is 0 Å². The lowest BCUT2D eigenvalue weighted by Crippen LogP contribution is -2.49. The molecule has 4 nitrogen and oxygen atoms in total. The zero-order valence-electron chi connectivity index (χ0n) is 12.6. The summed E-state index contributed by atoms with van der Waals surface area (Å²) in [5.74, 6) is -0.353. The lowest BCUT2D eigenvalue weighted by molar-refractivity contribution is -0.148. The Kier molecular flexibility index (Phi) is 5.37. The number of benzene rings is 1. The van der Waals surface area contributed by atoms with Crippen LogP contribution in [0.5, 0.6) is 0 Å². The van der Waals surface area contributed by atoms with Crippen molar-refractivity contribution < 1.29 is 14.6 Å². The van der Waals surface area contributed by atoms with E-state index in [9.17, 15) is 9.90 Å². The highest BCUT2D eigenvalue weighted by atomic mass is 16.5. The number of hydrogen-bond donors (Lipinski definition) is 2. The Morgan fingerprint density at radius 3 is 2.71 bits per heavy atom.